The molecule has 3 unspecified atom stereocenters. The van der Waals surface area contributed by atoms with Crippen LogP contribution in [0.2, 0.25) is 0 Å². The number of rotatable bonds is 13. The number of para-hydroxylation sites is 1. The number of fused-ring (bicyclic) bond motifs is 2. The lowest BCUT2D eigenvalue weighted by atomic mass is 9.79. The van der Waals surface area contributed by atoms with E-state index in [1.54, 1.807) is 0 Å². The zero-order chi connectivity index (χ0) is 24.0. The van der Waals surface area contributed by atoms with Crippen LogP contribution in [0.4, 0.5) is 5.69 Å². The van der Waals surface area contributed by atoms with Gasteiger partial charge in [-0.05, 0) is 48.1 Å². The second-order valence-corrected chi connectivity index (χ2v) is 9.19. The summed E-state index contributed by atoms with van der Waals surface area (Å²) < 4.78 is 16.8. The lowest BCUT2D eigenvalue weighted by Gasteiger charge is -2.37. The second-order valence-electron chi connectivity index (χ2n) is 9.19. The molecule has 3 atom stereocenters. The average molecular weight is 462 g/mol. The molecule has 178 valence electrons. The van der Waals surface area contributed by atoms with Crippen LogP contribution in [0.3, 0.4) is 0 Å². The Morgan fingerprint density at radius 2 is 1.59 bits per heavy atom. The van der Waals surface area contributed by atoms with Gasteiger partial charge in [-0.2, -0.15) is 0 Å². The summed E-state index contributed by atoms with van der Waals surface area (Å²) in [6.07, 6.45) is 5.43. The van der Waals surface area contributed by atoms with Gasteiger partial charge in [0, 0.05) is 16.8 Å². The van der Waals surface area contributed by atoms with Crippen molar-refractivity contribution in [1.29, 1.82) is 0 Å². The molecule has 0 spiro atoms. The van der Waals surface area contributed by atoms with E-state index >= 15 is 0 Å². The highest BCUT2D eigenvalue weighted by molar-refractivity contribution is 5.54. The molecular formula is C28H31NO5. The van der Waals surface area contributed by atoms with Crippen molar-refractivity contribution in [3.05, 3.63) is 89.0 Å². The summed E-state index contributed by atoms with van der Waals surface area (Å²) in [5.74, 6) is 0.599. The van der Waals surface area contributed by atoms with E-state index in [1.807, 2.05) is 42.5 Å². The van der Waals surface area contributed by atoms with E-state index in [2.05, 4.69) is 43.4 Å². The Labute approximate surface area is 200 Å². The summed E-state index contributed by atoms with van der Waals surface area (Å²) in [5, 5.41) is 3.65. The maximum Gasteiger partial charge on any atom is 0.293 e. The first-order valence-electron chi connectivity index (χ1n) is 11.6. The standard InChI is InChI=1S/C28H31NO5/c1-20(2)14-21-8-10-22(11-9-21)15-27(29-23-6-4-3-5-7-23)28-13-12-26(34-28)24(16-32-18-30)25(28)17-33-19-31/h3-13,18-20,26-27,29H,14-17H2,1-2H3. The van der Waals surface area contributed by atoms with Crippen LogP contribution in [0, 0.1) is 5.92 Å². The number of carbonyl (C=O) groups is 2. The molecule has 0 saturated heterocycles. The third kappa shape index (κ3) is 5.07. The molecule has 0 saturated carbocycles. The third-order valence-corrected chi connectivity index (χ3v) is 6.39. The van der Waals surface area contributed by atoms with Gasteiger partial charge in [-0.15, -0.1) is 0 Å². The van der Waals surface area contributed by atoms with Gasteiger partial charge in [0.05, 0.1) is 6.04 Å². The highest BCUT2D eigenvalue weighted by Crippen LogP contribution is 2.47. The van der Waals surface area contributed by atoms with Crippen molar-refractivity contribution in [3.8, 4) is 0 Å². The first-order chi connectivity index (χ1) is 16.6. The van der Waals surface area contributed by atoms with Crippen LogP contribution in [0.15, 0.2) is 77.9 Å². The van der Waals surface area contributed by atoms with Crippen LogP contribution in [-0.4, -0.2) is 43.9 Å². The van der Waals surface area contributed by atoms with Gasteiger partial charge in [0.2, 0.25) is 0 Å². The van der Waals surface area contributed by atoms with Gasteiger partial charge >= 0.3 is 0 Å². The Morgan fingerprint density at radius 3 is 2.24 bits per heavy atom. The van der Waals surface area contributed by atoms with Crippen molar-refractivity contribution in [2.45, 2.75) is 44.4 Å². The Morgan fingerprint density at radius 1 is 0.941 bits per heavy atom. The smallest absolute Gasteiger partial charge is 0.293 e. The Balaban J connectivity index is 1.68. The minimum absolute atomic E-state index is 0.0716. The van der Waals surface area contributed by atoms with Gasteiger partial charge in [0.1, 0.15) is 24.9 Å². The van der Waals surface area contributed by atoms with Crippen molar-refractivity contribution in [2.24, 2.45) is 5.92 Å². The number of hydrogen-bond acceptors (Lipinski definition) is 6. The normalized spacial score (nSPS) is 21.6. The highest BCUT2D eigenvalue weighted by Gasteiger charge is 2.53. The largest absolute Gasteiger partial charge is 0.463 e. The summed E-state index contributed by atoms with van der Waals surface area (Å²) in [6.45, 7) is 5.46. The maximum absolute atomic E-state index is 11.0. The van der Waals surface area contributed by atoms with Crippen LogP contribution in [-0.2, 0) is 36.6 Å². The van der Waals surface area contributed by atoms with Gasteiger partial charge in [-0.25, -0.2) is 0 Å². The maximum atomic E-state index is 11.0. The van der Waals surface area contributed by atoms with Crippen LogP contribution >= 0.6 is 0 Å². The first kappa shape index (κ1) is 23.8. The van der Waals surface area contributed by atoms with E-state index in [0.29, 0.717) is 25.3 Å². The van der Waals surface area contributed by atoms with E-state index in [4.69, 9.17) is 14.2 Å². The van der Waals surface area contributed by atoms with E-state index in [1.165, 1.54) is 11.1 Å². The summed E-state index contributed by atoms with van der Waals surface area (Å²) >= 11 is 0. The van der Waals surface area contributed by atoms with Crippen molar-refractivity contribution >= 4 is 18.6 Å². The lowest BCUT2D eigenvalue weighted by Crippen LogP contribution is -2.48. The Kier molecular flexibility index (Phi) is 7.48. The molecule has 2 aliphatic heterocycles. The fourth-order valence-electron chi connectivity index (χ4n) is 4.89. The van der Waals surface area contributed by atoms with Gasteiger partial charge in [-0.1, -0.05) is 62.4 Å². The summed E-state index contributed by atoms with van der Waals surface area (Å²) in [7, 11) is 0. The second kappa shape index (κ2) is 10.7. The molecule has 6 heteroatoms. The number of hydrogen-bond donors (Lipinski definition) is 1. The molecule has 2 aliphatic rings. The van der Waals surface area contributed by atoms with Crippen molar-refractivity contribution in [3.63, 3.8) is 0 Å². The quantitative estimate of drug-likeness (QED) is 0.355. The van der Waals surface area contributed by atoms with Gasteiger partial charge in [0.15, 0.2) is 0 Å². The summed E-state index contributed by atoms with van der Waals surface area (Å²) in [5.41, 5.74) is 4.26. The molecule has 0 fully saturated rings. The minimum atomic E-state index is -0.832. The van der Waals surface area contributed by atoms with Gasteiger partial charge < -0.3 is 19.5 Å². The van der Waals surface area contributed by atoms with Gasteiger partial charge in [0.25, 0.3) is 12.9 Å². The molecule has 0 aromatic heterocycles. The first-order valence-corrected chi connectivity index (χ1v) is 11.6. The van der Waals surface area contributed by atoms with Crippen molar-refractivity contribution in [1.82, 2.24) is 0 Å². The Bertz CT molecular complexity index is 1040. The van der Waals surface area contributed by atoms with Crippen LogP contribution in [0.5, 0.6) is 0 Å². The predicted octanol–water partition coefficient (Wildman–Crippen LogP) is 4.26. The van der Waals surface area contributed by atoms with Crippen LogP contribution < -0.4 is 5.32 Å². The molecule has 6 nitrogen and oxygen atoms in total. The number of carbonyl (C=O) groups excluding carboxylic acids is 2. The molecule has 4 rings (SSSR count). The third-order valence-electron chi connectivity index (χ3n) is 6.39. The molecule has 2 aromatic rings. The fourth-order valence-corrected chi connectivity index (χ4v) is 4.89. The van der Waals surface area contributed by atoms with Crippen molar-refractivity contribution in [2.75, 3.05) is 18.5 Å². The number of nitrogens with one attached hydrogen (secondary N) is 1. The molecule has 0 aliphatic carbocycles. The van der Waals surface area contributed by atoms with E-state index in [0.717, 1.165) is 23.3 Å². The van der Waals surface area contributed by atoms with E-state index in [9.17, 15) is 9.59 Å². The van der Waals surface area contributed by atoms with Crippen LogP contribution in [0.1, 0.15) is 25.0 Å². The molecule has 34 heavy (non-hydrogen) atoms. The monoisotopic (exact) mass is 461 g/mol. The molecule has 2 heterocycles. The van der Waals surface area contributed by atoms with Gasteiger partial charge in [-0.3, -0.25) is 9.59 Å². The summed E-state index contributed by atoms with van der Waals surface area (Å²) in [6, 6.07) is 18.5. The predicted molar refractivity (Wildman–Crippen MR) is 130 cm³/mol. The Hall–Kier alpha value is -3.38. The summed E-state index contributed by atoms with van der Waals surface area (Å²) in [4.78, 5) is 21.9. The lowest BCUT2D eigenvalue weighted by molar-refractivity contribution is -0.129. The zero-order valence-electron chi connectivity index (χ0n) is 19.6. The van der Waals surface area contributed by atoms with Crippen LogP contribution in [0.25, 0.3) is 0 Å². The average Bonchev–Trinajstić information content (AvgIpc) is 3.40. The number of ether oxygens (including phenoxy) is 3. The van der Waals surface area contributed by atoms with E-state index in [-0.39, 0.29) is 25.4 Å². The molecule has 1 N–H and O–H groups in total. The molecule has 2 aromatic carbocycles. The molecule has 0 amide bonds. The number of benzene rings is 2. The molecular weight excluding hydrogens is 430 g/mol. The fraction of sp³-hybridized carbons (Fsp3) is 0.357. The SMILES string of the molecule is CC(C)Cc1ccc(CC(Nc2ccccc2)C23C=CC(O2)C(COC=O)=C3COC=O)cc1. The molecule has 2 bridgehead atoms. The zero-order valence-corrected chi connectivity index (χ0v) is 19.6. The molecule has 0 radical (unpaired) electrons. The topological polar surface area (TPSA) is 73.9 Å². The van der Waals surface area contributed by atoms with E-state index < -0.39 is 5.60 Å². The van der Waals surface area contributed by atoms with Crippen molar-refractivity contribution < 1.29 is 23.8 Å². The minimum Gasteiger partial charge on any atom is -0.463 e. The number of anilines is 1. The highest BCUT2D eigenvalue weighted by atomic mass is 16.5.